The Kier molecular flexibility index (Phi) is 8.87. The molecule has 4 rings (SSSR count). The molecule has 1 aliphatic heterocycles. The Morgan fingerprint density at radius 2 is 1.70 bits per heavy atom. The van der Waals surface area contributed by atoms with Crippen LogP contribution in [-0.2, 0) is 31.4 Å². The smallest absolute Gasteiger partial charge is 0.243 e. The van der Waals surface area contributed by atoms with Crippen molar-refractivity contribution < 1.29 is 18.0 Å². The van der Waals surface area contributed by atoms with E-state index in [0.717, 1.165) is 17.5 Å². The van der Waals surface area contributed by atoms with Crippen molar-refractivity contribution in [1.82, 2.24) is 9.21 Å². The van der Waals surface area contributed by atoms with E-state index >= 15 is 0 Å². The van der Waals surface area contributed by atoms with Crippen LogP contribution in [0.2, 0.25) is 0 Å². The molecule has 214 valence electrons. The molecular weight excluding hydrogens is 542 g/mol. The van der Waals surface area contributed by atoms with Crippen LogP contribution >= 0.6 is 11.3 Å². The fourth-order valence-corrected chi connectivity index (χ4v) is 7.53. The third-order valence-electron chi connectivity index (χ3n) is 7.07. The first-order valence-corrected chi connectivity index (χ1v) is 15.9. The minimum Gasteiger partial charge on any atom is -0.330 e. The van der Waals surface area contributed by atoms with Gasteiger partial charge in [-0.25, -0.2) is 8.42 Å². The van der Waals surface area contributed by atoms with Crippen molar-refractivity contribution in [3.63, 3.8) is 0 Å². The highest BCUT2D eigenvalue weighted by molar-refractivity contribution is 7.89. The molecule has 0 saturated carbocycles. The normalized spacial score (nSPS) is 15.8. The Balaban J connectivity index is 1.64. The number of carbonyl (C=O) groups excluding carboxylic acids is 2. The summed E-state index contributed by atoms with van der Waals surface area (Å²) in [7, 11) is -3.95. The molecule has 0 aliphatic carbocycles. The third kappa shape index (κ3) is 6.65. The molecule has 1 aliphatic rings. The summed E-state index contributed by atoms with van der Waals surface area (Å²) in [5.41, 5.74) is 3.88. The van der Waals surface area contributed by atoms with Gasteiger partial charge in [-0.3, -0.25) is 9.59 Å². The van der Waals surface area contributed by atoms with Crippen molar-refractivity contribution in [3.05, 3.63) is 81.5 Å². The largest absolute Gasteiger partial charge is 0.330 e. The van der Waals surface area contributed by atoms with E-state index in [4.69, 9.17) is 0 Å². The highest BCUT2D eigenvalue weighted by Crippen LogP contribution is 2.38. The molecule has 1 aromatic heterocycles. The van der Waals surface area contributed by atoms with E-state index in [1.165, 1.54) is 33.8 Å². The zero-order valence-electron chi connectivity index (χ0n) is 24.1. The minimum atomic E-state index is -3.95. The number of thiophene rings is 1. The van der Waals surface area contributed by atoms with Gasteiger partial charge in [-0.1, -0.05) is 58.9 Å². The van der Waals surface area contributed by atoms with Crippen molar-refractivity contribution in [2.24, 2.45) is 5.92 Å². The van der Waals surface area contributed by atoms with E-state index in [9.17, 15) is 18.0 Å². The topological polar surface area (TPSA) is 86.8 Å². The van der Waals surface area contributed by atoms with Gasteiger partial charge < -0.3 is 10.2 Å². The standard InChI is InChI=1S/C31H39N3O4S2/c1-21(2)19-33(40(37,38)26-13-11-25(12-14-26)32-22(3)35)20-29(36)34-17-15-28-27(16-18-39-28)30(34)23-7-9-24(10-8-23)31(4,5)6/h7-14,16,18,21,30H,15,17,19-20H2,1-6H3,(H,32,35)/t30-/m1/s1. The number of sulfonamides is 1. The number of carbonyl (C=O) groups is 2. The molecule has 2 heterocycles. The highest BCUT2D eigenvalue weighted by Gasteiger charge is 2.36. The molecule has 40 heavy (non-hydrogen) atoms. The fraction of sp³-hybridized carbons (Fsp3) is 0.419. The van der Waals surface area contributed by atoms with E-state index in [1.54, 1.807) is 23.5 Å². The first-order chi connectivity index (χ1) is 18.8. The second-order valence-electron chi connectivity index (χ2n) is 11.8. The molecule has 9 heteroatoms. The molecule has 1 N–H and O–H groups in total. The summed E-state index contributed by atoms with van der Waals surface area (Å²) in [6, 6.07) is 16.3. The number of rotatable bonds is 8. The quantitative estimate of drug-likeness (QED) is 0.363. The number of nitrogens with one attached hydrogen (secondary N) is 1. The average molecular weight is 582 g/mol. The van der Waals surface area contributed by atoms with Crippen molar-refractivity contribution in [2.75, 3.05) is 25.0 Å². The first kappa shape index (κ1) is 30.0. The van der Waals surface area contributed by atoms with Crippen LogP contribution in [0.1, 0.15) is 69.2 Å². The summed E-state index contributed by atoms with van der Waals surface area (Å²) in [6.07, 6.45) is 0.747. The Bertz CT molecular complexity index is 1450. The van der Waals surface area contributed by atoms with Crippen LogP contribution in [0.4, 0.5) is 5.69 Å². The Morgan fingerprint density at radius 3 is 2.27 bits per heavy atom. The molecular formula is C31H39N3O4S2. The van der Waals surface area contributed by atoms with E-state index in [2.05, 4.69) is 61.8 Å². The lowest BCUT2D eigenvalue weighted by atomic mass is 9.85. The number of amides is 2. The van der Waals surface area contributed by atoms with Gasteiger partial charge in [0.05, 0.1) is 17.5 Å². The summed E-state index contributed by atoms with van der Waals surface area (Å²) < 4.78 is 28.7. The van der Waals surface area contributed by atoms with E-state index < -0.39 is 10.0 Å². The van der Waals surface area contributed by atoms with Crippen molar-refractivity contribution >= 4 is 38.9 Å². The lowest BCUT2D eigenvalue weighted by Gasteiger charge is -2.38. The SMILES string of the molecule is CC(=O)Nc1ccc(S(=O)(=O)N(CC(=O)N2CCc3sccc3[C@H]2c2ccc(C(C)(C)C)cc2)CC(C)C)cc1. The monoisotopic (exact) mass is 581 g/mol. The summed E-state index contributed by atoms with van der Waals surface area (Å²) in [5.74, 6) is -0.437. The molecule has 0 bridgehead atoms. The van der Waals surface area contributed by atoms with Crippen LogP contribution in [-0.4, -0.2) is 49.1 Å². The summed E-state index contributed by atoms with van der Waals surface area (Å²) in [6.45, 7) is 12.3. The molecule has 2 aromatic carbocycles. The van der Waals surface area contributed by atoms with Crippen molar-refractivity contribution in [3.8, 4) is 0 Å². The van der Waals surface area contributed by atoms with Crippen LogP contribution in [0.5, 0.6) is 0 Å². The van der Waals surface area contributed by atoms with Crippen molar-refractivity contribution in [2.45, 2.75) is 64.3 Å². The lowest BCUT2D eigenvalue weighted by molar-refractivity contribution is -0.133. The molecule has 3 aromatic rings. The number of fused-ring (bicyclic) bond motifs is 1. The average Bonchev–Trinajstić information content (AvgIpc) is 3.36. The maximum atomic E-state index is 14.0. The van der Waals surface area contributed by atoms with Crippen LogP contribution in [0.25, 0.3) is 0 Å². The highest BCUT2D eigenvalue weighted by atomic mass is 32.2. The van der Waals surface area contributed by atoms with Crippen LogP contribution in [0.3, 0.4) is 0 Å². The molecule has 0 spiro atoms. The Morgan fingerprint density at radius 1 is 1.05 bits per heavy atom. The number of hydrogen-bond donors (Lipinski definition) is 1. The maximum absolute atomic E-state index is 14.0. The van der Waals surface area contributed by atoms with Crippen LogP contribution < -0.4 is 5.32 Å². The van der Waals surface area contributed by atoms with Gasteiger partial charge in [-0.05, 0) is 70.2 Å². The third-order valence-corrected chi connectivity index (χ3v) is 9.89. The van der Waals surface area contributed by atoms with Gasteiger partial charge >= 0.3 is 0 Å². The molecule has 7 nitrogen and oxygen atoms in total. The first-order valence-electron chi connectivity index (χ1n) is 13.6. The molecule has 0 radical (unpaired) electrons. The van der Waals surface area contributed by atoms with Gasteiger partial charge in [0.2, 0.25) is 21.8 Å². The van der Waals surface area contributed by atoms with Gasteiger partial charge in [0.15, 0.2) is 0 Å². The van der Waals surface area contributed by atoms with Gasteiger partial charge in [0.25, 0.3) is 0 Å². The predicted octanol–water partition coefficient (Wildman–Crippen LogP) is 5.83. The summed E-state index contributed by atoms with van der Waals surface area (Å²) >= 11 is 1.70. The van der Waals surface area contributed by atoms with Gasteiger partial charge in [0.1, 0.15) is 0 Å². The molecule has 0 unspecified atom stereocenters. The number of anilines is 1. The second-order valence-corrected chi connectivity index (χ2v) is 14.7. The van der Waals surface area contributed by atoms with E-state index in [0.29, 0.717) is 12.2 Å². The molecule has 1 atom stereocenters. The van der Waals surface area contributed by atoms with Crippen molar-refractivity contribution in [1.29, 1.82) is 0 Å². The zero-order chi connectivity index (χ0) is 29.2. The Hall–Kier alpha value is -3.01. The minimum absolute atomic E-state index is 0.0141. The van der Waals surface area contributed by atoms with Gasteiger partial charge in [0, 0.05) is 30.6 Å². The maximum Gasteiger partial charge on any atom is 0.243 e. The summed E-state index contributed by atoms with van der Waals surface area (Å²) in [4.78, 5) is 28.5. The number of benzene rings is 2. The second kappa shape index (κ2) is 11.8. The lowest BCUT2D eigenvalue weighted by Crippen LogP contribution is -2.47. The molecule has 0 fully saturated rings. The van der Waals surface area contributed by atoms with E-state index in [-0.39, 0.29) is 47.2 Å². The molecule has 0 saturated heterocycles. The summed E-state index contributed by atoms with van der Waals surface area (Å²) in [5, 5.41) is 4.72. The predicted molar refractivity (Wildman–Crippen MR) is 161 cm³/mol. The van der Waals surface area contributed by atoms with E-state index in [1.807, 2.05) is 18.7 Å². The number of nitrogens with zero attached hydrogens (tertiary/aromatic N) is 2. The van der Waals surface area contributed by atoms with Gasteiger partial charge in [-0.15, -0.1) is 11.3 Å². The molecule has 2 amide bonds. The number of hydrogen-bond acceptors (Lipinski definition) is 5. The fourth-order valence-electron chi connectivity index (χ4n) is 5.07. The van der Waals surface area contributed by atoms with Gasteiger partial charge in [-0.2, -0.15) is 4.31 Å². The van der Waals surface area contributed by atoms with Crippen LogP contribution in [0.15, 0.2) is 64.9 Å². The zero-order valence-corrected chi connectivity index (χ0v) is 25.7. The van der Waals surface area contributed by atoms with Crippen LogP contribution in [0, 0.1) is 5.92 Å². The Labute approximate surface area is 242 Å².